The van der Waals surface area contributed by atoms with Crippen molar-refractivity contribution in [2.75, 3.05) is 11.9 Å². The number of likely N-dealkylation sites (tertiary alicyclic amines) is 1. The van der Waals surface area contributed by atoms with E-state index in [1.165, 1.54) is 6.07 Å². The average Bonchev–Trinajstić information content (AvgIpc) is 3.37. The molecule has 3 aromatic carbocycles. The van der Waals surface area contributed by atoms with E-state index in [1.807, 2.05) is 52.9 Å². The van der Waals surface area contributed by atoms with Crippen molar-refractivity contribution >= 4 is 49.7 Å². The number of benzene rings is 3. The maximum atomic E-state index is 15.3. The molecule has 1 fully saturated rings. The summed E-state index contributed by atoms with van der Waals surface area (Å²) in [7, 11) is 0. The van der Waals surface area contributed by atoms with Crippen LogP contribution in [0.15, 0.2) is 72.4 Å². The molecule has 1 unspecified atom stereocenters. The van der Waals surface area contributed by atoms with E-state index in [2.05, 4.69) is 22.2 Å². The van der Waals surface area contributed by atoms with Gasteiger partial charge in [-0.2, -0.15) is 0 Å². The zero-order chi connectivity index (χ0) is 24.6. The Balaban J connectivity index is 1.32. The van der Waals surface area contributed by atoms with Gasteiger partial charge in [0.1, 0.15) is 5.82 Å². The molecule has 3 heterocycles. The smallest absolute Gasteiger partial charge is 0.254 e. The zero-order valence-corrected chi connectivity index (χ0v) is 20.7. The molecule has 7 heteroatoms. The van der Waals surface area contributed by atoms with Gasteiger partial charge in [0.15, 0.2) is 0 Å². The molecule has 0 bridgehead atoms. The van der Waals surface area contributed by atoms with E-state index in [1.54, 1.807) is 29.7 Å². The van der Waals surface area contributed by atoms with Crippen molar-refractivity contribution in [2.24, 2.45) is 0 Å². The normalized spacial score (nSPS) is 15.9. The molecule has 1 aliphatic rings. The Morgan fingerprint density at radius 2 is 1.94 bits per heavy atom. The second kappa shape index (κ2) is 9.32. The topological polar surface area (TPSA) is 58.1 Å². The number of halogens is 1. The number of carbonyl (C=O) groups is 1. The van der Waals surface area contributed by atoms with Crippen molar-refractivity contribution in [1.82, 2.24) is 14.9 Å². The lowest BCUT2D eigenvalue weighted by molar-refractivity contribution is 0.0635. The fraction of sp³-hybridized carbons (Fsp3) is 0.207. The summed E-state index contributed by atoms with van der Waals surface area (Å²) in [5, 5.41) is 4.35. The van der Waals surface area contributed by atoms with Gasteiger partial charge < -0.3 is 10.2 Å². The van der Waals surface area contributed by atoms with E-state index in [9.17, 15) is 4.79 Å². The van der Waals surface area contributed by atoms with E-state index in [4.69, 9.17) is 0 Å². The number of thiazole rings is 1. The lowest BCUT2D eigenvalue weighted by Gasteiger charge is -2.33. The Morgan fingerprint density at radius 3 is 2.81 bits per heavy atom. The third-order valence-electron chi connectivity index (χ3n) is 6.94. The molecule has 5 aromatic rings. The fourth-order valence-corrected chi connectivity index (χ4v) is 5.62. The predicted octanol–water partition coefficient (Wildman–Crippen LogP) is 7.41. The van der Waals surface area contributed by atoms with Gasteiger partial charge in [0.25, 0.3) is 5.91 Å². The van der Waals surface area contributed by atoms with Crippen LogP contribution in [-0.4, -0.2) is 33.4 Å². The average molecular weight is 497 g/mol. The molecule has 1 amide bonds. The van der Waals surface area contributed by atoms with Gasteiger partial charge in [0.2, 0.25) is 0 Å². The van der Waals surface area contributed by atoms with Crippen molar-refractivity contribution in [2.45, 2.75) is 32.2 Å². The van der Waals surface area contributed by atoms with Gasteiger partial charge in [-0.15, -0.1) is 11.3 Å². The number of nitrogens with one attached hydrogen (secondary N) is 1. The Morgan fingerprint density at radius 1 is 1.03 bits per heavy atom. The summed E-state index contributed by atoms with van der Waals surface area (Å²) >= 11 is 1.61. The summed E-state index contributed by atoms with van der Waals surface area (Å²) in [6.45, 7) is 2.79. The molecule has 1 aliphatic heterocycles. The largest absolute Gasteiger partial charge is 0.355 e. The minimum Gasteiger partial charge on any atom is -0.355 e. The monoisotopic (exact) mass is 496 g/mol. The highest BCUT2D eigenvalue weighted by molar-refractivity contribution is 7.16. The van der Waals surface area contributed by atoms with Crippen LogP contribution < -0.4 is 5.32 Å². The second-order valence-electron chi connectivity index (χ2n) is 9.29. The van der Waals surface area contributed by atoms with Crippen LogP contribution in [0.4, 0.5) is 15.8 Å². The van der Waals surface area contributed by atoms with Gasteiger partial charge in [-0.3, -0.25) is 9.78 Å². The Hall–Kier alpha value is -3.84. The lowest BCUT2D eigenvalue weighted by Crippen LogP contribution is -2.42. The van der Waals surface area contributed by atoms with E-state index in [-0.39, 0.29) is 11.9 Å². The van der Waals surface area contributed by atoms with Crippen LogP contribution in [0, 0.1) is 5.82 Å². The van der Waals surface area contributed by atoms with Crippen LogP contribution in [0.5, 0.6) is 0 Å². The van der Waals surface area contributed by atoms with E-state index in [0.717, 1.165) is 63.9 Å². The molecule has 180 valence electrons. The number of fused-ring (bicyclic) bond motifs is 2. The van der Waals surface area contributed by atoms with Crippen LogP contribution in [0.3, 0.4) is 0 Å². The Bertz CT molecular complexity index is 1600. The Labute approximate surface area is 212 Å². The number of carbonyl (C=O) groups excluding carboxylic acids is 1. The van der Waals surface area contributed by atoms with Crippen molar-refractivity contribution in [3.8, 4) is 11.1 Å². The SMILES string of the molecule is CC1CCCCN1C(=O)c1ccc(-c2ccc3nccc(Nc4ccc5scnc5c4)c3c2)c(F)c1. The summed E-state index contributed by atoms with van der Waals surface area (Å²) in [6.07, 6.45) is 4.88. The third-order valence-corrected chi connectivity index (χ3v) is 7.75. The second-order valence-corrected chi connectivity index (χ2v) is 10.2. The molecule has 2 aromatic heterocycles. The first kappa shape index (κ1) is 22.6. The standard InChI is InChI=1S/C29H25FN4OS/c1-18-4-2-3-13-34(18)29(35)20-5-8-22(24(30)15-20)19-6-9-25-23(14-19)26(11-12-31-25)33-21-7-10-28-27(16-21)32-17-36-28/h5-12,14-18H,2-4,13H2,1H3,(H,31,33). The van der Waals surface area contributed by atoms with Gasteiger partial charge in [-0.25, -0.2) is 9.37 Å². The highest BCUT2D eigenvalue weighted by Crippen LogP contribution is 2.32. The van der Waals surface area contributed by atoms with E-state index >= 15 is 4.39 Å². The first-order chi connectivity index (χ1) is 17.6. The van der Waals surface area contributed by atoms with Crippen LogP contribution in [0.25, 0.3) is 32.2 Å². The molecular weight excluding hydrogens is 471 g/mol. The number of nitrogens with zero attached hydrogens (tertiary/aromatic N) is 3. The number of hydrogen-bond acceptors (Lipinski definition) is 5. The summed E-state index contributed by atoms with van der Waals surface area (Å²) in [5.41, 5.74) is 6.98. The van der Waals surface area contributed by atoms with Crippen LogP contribution in [0.1, 0.15) is 36.5 Å². The molecule has 5 nitrogen and oxygen atoms in total. The maximum absolute atomic E-state index is 15.3. The zero-order valence-electron chi connectivity index (χ0n) is 19.9. The number of pyridine rings is 1. The minimum absolute atomic E-state index is 0.0982. The molecule has 0 spiro atoms. The van der Waals surface area contributed by atoms with Crippen molar-refractivity contribution in [3.63, 3.8) is 0 Å². The number of hydrogen-bond donors (Lipinski definition) is 1. The van der Waals surface area contributed by atoms with Crippen molar-refractivity contribution < 1.29 is 9.18 Å². The van der Waals surface area contributed by atoms with Gasteiger partial charge in [-0.05, 0) is 80.3 Å². The summed E-state index contributed by atoms with van der Waals surface area (Å²) in [6, 6.07) is 18.7. The molecule has 0 aliphatic carbocycles. The number of piperidine rings is 1. The number of rotatable bonds is 4. The first-order valence-corrected chi connectivity index (χ1v) is 13.0. The quantitative estimate of drug-likeness (QED) is 0.281. The summed E-state index contributed by atoms with van der Waals surface area (Å²) in [5.74, 6) is -0.504. The fourth-order valence-electron chi connectivity index (χ4n) is 4.96. The minimum atomic E-state index is -0.405. The molecular formula is C29H25FN4OS. The highest BCUT2D eigenvalue weighted by atomic mass is 32.1. The molecule has 36 heavy (non-hydrogen) atoms. The summed E-state index contributed by atoms with van der Waals surface area (Å²) in [4.78, 5) is 23.7. The van der Waals surface area contributed by atoms with Gasteiger partial charge in [0.05, 0.1) is 21.2 Å². The Kier molecular flexibility index (Phi) is 5.85. The molecule has 0 radical (unpaired) electrons. The van der Waals surface area contributed by atoms with Crippen molar-refractivity contribution in [1.29, 1.82) is 0 Å². The number of anilines is 2. The van der Waals surface area contributed by atoms with E-state index in [0.29, 0.717) is 11.1 Å². The molecule has 0 saturated carbocycles. The lowest BCUT2D eigenvalue weighted by atomic mass is 9.99. The maximum Gasteiger partial charge on any atom is 0.254 e. The van der Waals surface area contributed by atoms with Crippen LogP contribution in [-0.2, 0) is 0 Å². The highest BCUT2D eigenvalue weighted by Gasteiger charge is 2.25. The molecule has 1 atom stereocenters. The van der Waals surface area contributed by atoms with Crippen LogP contribution >= 0.6 is 11.3 Å². The van der Waals surface area contributed by atoms with Gasteiger partial charge in [0, 0.05) is 46.7 Å². The van der Waals surface area contributed by atoms with Gasteiger partial charge in [-0.1, -0.05) is 12.1 Å². The third kappa shape index (κ3) is 4.20. The number of amides is 1. The van der Waals surface area contributed by atoms with Crippen LogP contribution in [0.2, 0.25) is 0 Å². The molecule has 1 N–H and O–H groups in total. The molecule has 6 rings (SSSR count). The molecule has 1 saturated heterocycles. The number of aromatic nitrogens is 2. The summed E-state index contributed by atoms with van der Waals surface area (Å²) < 4.78 is 16.5. The first-order valence-electron chi connectivity index (χ1n) is 12.2. The predicted molar refractivity (Wildman–Crippen MR) is 144 cm³/mol. The van der Waals surface area contributed by atoms with Gasteiger partial charge >= 0.3 is 0 Å². The van der Waals surface area contributed by atoms with E-state index < -0.39 is 5.82 Å². The van der Waals surface area contributed by atoms with Crippen molar-refractivity contribution in [3.05, 3.63) is 83.8 Å².